The third-order valence-electron chi connectivity index (χ3n) is 13.9. The molecule has 3 aliphatic heterocycles. The maximum Gasteiger partial charge on any atom is 0.446 e. The second kappa shape index (κ2) is 31.1. The van der Waals surface area contributed by atoms with Gasteiger partial charge >= 0.3 is 10.4 Å². The SMILES string of the molecule is CCCCCCCCCCCCCCCC(=O)N[C@H]1C[C@H](O)[C@H](O)NC(=O)[C@@H]2[C@@H](O)CCN2C(=O)[C@@H]([C@@H](O)CC(N)=O)NC(=O)[C@H]([C@H](O)Cc2ccc(O)c(OS(=O)(=O)O)c2)NC(=O)[C@H]2C[C@@H](O)CN2C(=O)[C@H](CO)NC1=O. The molecule has 3 heterocycles. The van der Waals surface area contributed by atoms with Crippen LogP contribution in [0.25, 0.3) is 0 Å². The minimum atomic E-state index is -5.22. The number of hydrogen-bond acceptors (Lipinski definition) is 19. The first-order chi connectivity index (χ1) is 36.8. The lowest BCUT2D eigenvalue weighted by Crippen LogP contribution is -2.64. The first kappa shape index (κ1) is 64.7. The van der Waals surface area contributed by atoms with Gasteiger partial charge in [-0.05, 0) is 30.5 Å². The number of unbranched alkanes of at least 4 members (excludes halogenated alkanes) is 12. The normalized spacial score (nSPS) is 26.8. The highest BCUT2D eigenvalue weighted by molar-refractivity contribution is 7.81. The van der Waals surface area contributed by atoms with Gasteiger partial charge in [-0.2, -0.15) is 8.42 Å². The molecule has 16 N–H and O–H groups in total. The van der Waals surface area contributed by atoms with Gasteiger partial charge in [0.25, 0.3) is 0 Å². The molecule has 8 amide bonds. The second-order valence-corrected chi connectivity index (χ2v) is 21.2. The molecule has 3 fully saturated rings. The Morgan fingerprint density at radius 3 is 1.95 bits per heavy atom. The summed E-state index contributed by atoms with van der Waals surface area (Å²) in [5.41, 5.74) is 5.18. The molecular formula is C49H78N8O20S. The third kappa shape index (κ3) is 19.8. The summed E-state index contributed by atoms with van der Waals surface area (Å²) in [6, 6.07) is -9.20. The van der Waals surface area contributed by atoms with E-state index in [1.54, 1.807) is 0 Å². The van der Waals surface area contributed by atoms with E-state index in [4.69, 9.17) is 5.73 Å². The number of aromatic hydroxyl groups is 1. The first-order valence-corrected chi connectivity index (χ1v) is 27.8. The number of amides is 8. The number of aliphatic hydroxyl groups excluding tert-OH is 7. The Morgan fingerprint density at radius 1 is 0.756 bits per heavy atom. The highest BCUT2D eigenvalue weighted by Crippen LogP contribution is 2.29. The van der Waals surface area contributed by atoms with Crippen molar-refractivity contribution in [1.29, 1.82) is 0 Å². The van der Waals surface area contributed by atoms with Gasteiger partial charge in [0.2, 0.25) is 47.3 Å². The Bertz CT molecular complexity index is 2330. The molecule has 440 valence electrons. The minimum Gasteiger partial charge on any atom is -0.504 e. The Hall–Kier alpha value is -5.79. The van der Waals surface area contributed by atoms with E-state index in [0.717, 1.165) is 55.2 Å². The average molecular weight is 1130 g/mol. The van der Waals surface area contributed by atoms with Crippen LogP contribution in [0.5, 0.6) is 11.5 Å². The zero-order valence-electron chi connectivity index (χ0n) is 43.6. The van der Waals surface area contributed by atoms with Crippen molar-refractivity contribution >= 4 is 57.7 Å². The van der Waals surface area contributed by atoms with Gasteiger partial charge in [-0.3, -0.25) is 42.9 Å². The molecule has 29 heteroatoms. The smallest absolute Gasteiger partial charge is 0.446 e. The highest BCUT2D eigenvalue weighted by atomic mass is 32.3. The Labute approximate surface area is 451 Å². The Morgan fingerprint density at radius 2 is 1.36 bits per heavy atom. The number of aliphatic hydroxyl groups is 7. The van der Waals surface area contributed by atoms with Gasteiger partial charge in [0.15, 0.2) is 17.7 Å². The van der Waals surface area contributed by atoms with Crippen molar-refractivity contribution in [3.8, 4) is 11.5 Å². The monoisotopic (exact) mass is 1130 g/mol. The van der Waals surface area contributed by atoms with Gasteiger partial charge in [0, 0.05) is 38.8 Å². The van der Waals surface area contributed by atoms with E-state index >= 15 is 0 Å². The maximum atomic E-state index is 14.4. The van der Waals surface area contributed by atoms with Crippen LogP contribution in [0.15, 0.2) is 18.2 Å². The third-order valence-corrected chi connectivity index (χ3v) is 14.2. The highest BCUT2D eigenvalue weighted by Gasteiger charge is 2.48. The summed E-state index contributed by atoms with van der Waals surface area (Å²) in [5.74, 6) is -11.5. The van der Waals surface area contributed by atoms with Crippen molar-refractivity contribution in [3.05, 3.63) is 23.8 Å². The maximum absolute atomic E-state index is 14.4. The summed E-state index contributed by atoms with van der Waals surface area (Å²) in [6.07, 6.45) is -2.14. The summed E-state index contributed by atoms with van der Waals surface area (Å²) in [4.78, 5) is 112. The van der Waals surface area contributed by atoms with Crippen molar-refractivity contribution in [2.75, 3.05) is 19.7 Å². The van der Waals surface area contributed by atoms with Gasteiger partial charge in [0.05, 0.1) is 37.4 Å². The molecule has 0 saturated carbocycles. The number of phenols is 1. The van der Waals surface area contributed by atoms with E-state index in [-0.39, 0.29) is 18.4 Å². The van der Waals surface area contributed by atoms with Crippen molar-refractivity contribution in [3.63, 3.8) is 0 Å². The summed E-state index contributed by atoms with van der Waals surface area (Å²) < 4.78 is 36.5. The number of rotatable bonds is 24. The topological polar surface area (TPSA) is 455 Å². The van der Waals surface area contributed by atoms with Crippen molar-refractivity contribution in [2.24, 2.45) is 5.73 Å². The van der Waals surface area contributed by atoms with Crippen LogP contribution in [-0.2, 0) is 55.2 Å². The largest absolute Gasteiger partial charge is 0.504 e. The quantitative estimate of drug-likeness (QED) is 0.0349. The van der Waals surface area contributed by atoms with Crippen LogP contribution in [0, 0.1) is 0 Å². The van der Waals surface area contributed by atoms with E-state index in [9.17, 15) is 92.2 Å². The lowest BCUT2D eigenvalue weighted by Gasteiger charge is -2.34. The molecule has 0 unspecified atom stereocenters. The molecule has 78 heavy (non-hydrogen) atoms. The van der Waals surface area contributed by atoms with Crippen LogP contribution in [-0.4, -0.2) is 204 Å². The Kier molecular flexibility index (Phi) is 25.8. The molecule has 1 aromatic rings. The summed E-state index contributed by atoms with van der Waals surface area (Å²) in [6.45, 7) is -0.0722. The van der Waals surface area contributed by atoms with E-state index < -0.39 is 188 Å². The zero-order valence-corrected chi connectivity index (χ0v) is 44.4. The summed E-state index contributed by atoms with van der Waals surface area (Å²) in [7, 11) is -5.22. The number of phenolic OH excluding ortho intramolecular Hbond substituents is 1. The molecule has 0 aromatic heterocycles. The average Bonchev–Trinajstić information content (AvgIpc) is 4.00. The predicted octanol–water partition coefficient (Wildman–Crippen LogP) is -3.75. The molecule has 0 aliphatic carbocycles. The molecule has 3 aliphatic rings. The molecule has 12 atom stereocenters. The second-order valence-electron chi connectivity index (χ2n) is 20.1. The summed E-state index contributed by atoms with van der Waals surface area (Å²) in [5, 5.41) is 98.7. The van der Waals surface area contributed by atoms with E-state index in [1.165, 1.54) is 38.5 Å². The van der Waals surface area contributed by atoms with Crippen LogP contribution in [0.2, 0.25) is 0 Å². The number of primary amides is 1. The van der Waals surface area contributed by atoms with Crippen LogP contribution >= 0.6 is 0 Å². The van der Waals surface area contributed by atoms with Crippen LogP contribution in [0.1, 0.15) is 128 Å². The molecular weight excluding hydrogens is 1050 g/mol. The van der Waals surface area contributed by atoms with E-state index in [1.807, 2.05) is 5.32 Å². The van der Waals surface area contributed by atoms with Crippen LogP contribution < -0.4 is 36.5 Å². The first-order valence-electron chi connectivity index (χ1n) is 26.4. The molecule has 4 rings (SSSR count). The fraction of sp³-hybridized carbons (Fsp3) is 0.714. The lowest BCUT2D eigenvalue weighted by molar-refractivity contribution is -0.148. The number of fused-ring (bicyclic) bond motifs is 2. The van der Waals surface area contributed by atoms with Crippen LogP contribution in [0.3, 0.4) is 0 Å². The number of carbonyl (C=O) groups is 8. The van der Waals surface area contributed by atoms with Crippen molar-refractivity contribution < 1.29 is 96.4 Å². The number of nitrogens with two attached hydrogens (primary N) is 1. The summed E-state index contributed by atoms with van der Waals surface area (Å²) >= 11 is 0. The van der Waals surface area contributed by atoms with E-state index in [2.05, 4.69) is 32.4 Å². The van der Waals surface area contributed by atoms with Crippen molar-refractivity contribution in [1.82, 2.24) is 36.4 Å². The molecule has 0 radical (unpaired) electrons. The molecule has 1 aromatic carbocycles. The lowest BCUT2D eigenvalue weighted by atomic mass is 9.98. The molecule has 28 nitrogen and oxygen atoms in total. The van der Waals surface area contributed by atoms with Gasteiger partial charge in [0.1, 0.15) is 42.4 Å². The molecule has 0 bridgehead atoms. The zero-order chi connectivity index (χ0) is 57.9. The van der Waals surface area contributed by atoms with Gasteiger partial charge in [-0.25, -0.2) is 0 Å². The number of nitrogens with one attached hydrogen (secondary N) is 5. The van der Waals surface area contributed by atoms with Crippen molar-refractivity contribution in [2.45, 2.75) is 202 Å². The fourth-order valence-corrected chi connectivity index (χ4v) is 10.0. The standard InChI is InChI=1S/C49H78N8O20S/c1-2-3-4-5-6-7-8-9-10-11-12-13-14-15-39(66)51-29-23-36(64)45(69)55-47(71)42-33(61)18-19-56(42)49(73)41(35(63)24-38(50)65)54-46(70)40(34(62)20-27-16-17-32(60)37(21-27)77-78(74,75)76)53-44(68)31-22-28(59)25-57(31)48(72)30(26-58)52-43(29)67/h16-17,21,28-31,33-36,40-42,45,58-64,69H,2-15,18-20,22-26H2,1H3,(H2,50,65)(H,51,66)(H,52,67)(H,53,68)(H,54,70)(H,55,71)(H,74,75,76)/t28-,29+,30+,31-,33+,34-,35+,36+,40+,41-,42+,45+/m1/s1. The fourth-order valence-electron chi connectivity index (χ4n) is 9.68. The van der Waals surface area contributed by atoms with Gasteiger partial charge in [-0.1, -0.05) is 90.0 Å². The van der Waals surface area contributed by atoms with Crippen LogP contribution in [0.4, 0.5) is 0 Å². The Balaban J connectivity index is 1.67. The predicted molar refractivity (Wildman–Crippen MR) is 272 cm³/mol. The number of hydrogen-bond donors (Lipinski definition) is 15. The minimum absolute atomic E-state index is 0.0915. The number of nitrogens with zero attached hydrogens (tertiary/aromatic N) is 2. The molecule has 3 saturated heterocycles. The number of carbonyl (C=O) groups excluding carboxylic acids is 8. The van der Waals surface area contributed by atoms with Gasteiger partial charge in [-0.15, -0.1) is 0 Å². The molecule has 0 spiro atoms. The van der Waals surface area contributed by atoms with Gasteiger partial charge < -0.3 is 87.2 Å². The number of benzene rings is 1. The van der Waals surface area contributed by atoms with E-state index in [0.29, 0.717) is 17.7 Å².